The van der Waals surface area contributed by atoms with Crippen molar-refractivity contribution in [2.24, 2.45) is 5.92 Å². The highest BCUT2D eigenvalue weighted by Crippen LogP contribution is 2.53. The van der Waals surface area contributed by atoms with Crippen LogP contribution in [0.25, 0.3) is 0 Å². The van der Waals surface area contributed by atoms with Crippen LogP contribution >= 0.6 is 23.5 Å². The van der Waals surface area contributed by atoms with Gasteiger partial charge in [-0.25, -0.2) is 4.79 Å². The molecule has 1 saturated heterocycles. The third-order valence-electron chi connectivity index (χ3n) is 3.24. The molecule has 1 fully saturated rings. The molecule has 2 N–H and O–H groups in total. The summed E-state index contributed by atoms with van der Waals surface area (Å²) in [6.45, 7) is 1.52. The monoisotopic (exact) mass is 333 g/mol. The van der Waals surface area contributed by atoms with Crippen molar-refractivity contribution in [3.8, 4) is 0 Å². The largest absolute Gasteiger partial charge is 0.477 e. The van der Waals surface area contributed by atoms with E-state index in [1.807, 2.05) is 0 Å². The molecule has 0 bridgehead atoms. The molecule has 1 amide bonds. The number of ether oxygens (including phenoxy) is 1. The van der Waals surface area contributed by atoms with Gasteiger partial charge in [0.25, 0.3) is 0 Å². The second-order valence-corrected chi connectivity index (χ2v) is 7.09. The van der Waals surface area contributed by atoms with Crippen molar-refractivity contribution >= 4 is 41.4 Å². The molecule has 21 heavy (non-hydrogen) atoms. The molecule has 9 heteroatoms. The number of methoxy groups -OCH3 is 1. The summed E-state index contributed by atoms with van der Waals surface area (Å²) >= 11 is 2.46. The highest BCUT2D eigenvalue weighted by atomic mass is 32.2. The third-order valence-corrected chi connectivity index (χ3v) is 5.89. The van der Waals surface area contributed by atoms with Gasteiger partial charge in [-0.15, -0.1) is 11.8 Å². The molecular weight excluding hydrogens is 318 g/mol. The van der Waals surface area contributed by atoms with Crippen molar-refractivity contribution in [3.05, 3.63) is 9.93 Å². The number of hydrogen-bond donors (Lipinski definition) is 2. The van der Waals surface area contributed by atoms with Gasteiger partial charge in [-0.1, -0.05) is 11.8 Å². The number of carboxylic acid groups (broad SMARTS) is 1. The second kappa shape index (κ2) is 6.29. The van der Waals surface area contributed by atoms with E-state index in [9.17, 15) is 24.6 Å². The predicted octanol–water partition coefficient (Wildman–Crippen LogP) is 0.448. The molecule has 3 atom stereocenters. The van der Waals surface area contributed by atoms with E-state index in [1.54, 1.807) is 0 Å². The first kappa shape index (κ1) is 16.2. The van der Waals surface area contributed by atoms with E-state index in [-0.39, 0.29) is 29.4 Å². The summed E-state index contributed by atoms with van der Waals surface area (Å²) in [5.74, 6) is -2.13. The van der Waals surface area contributed by atoms with Crippen molar-refractivity contribution in [2.75, 3.05) is 12.9 Å². The molecule has 2 aliphatic heterocycles. The first-order chi connectivity index (χ1) is 9.88. The number of esters is 1. The SMILES string of the molecule is COC(=O)CCSC1=C(C(=O)O)N2C(=O)[C@H](C(C)O)[C@H]2S1. The number of aliphatic hydroxyl groups excluding tert-OH is 1. The molecular formula is C12H15NO6S2. The van der Waals surface area contributed by atoms with E-state index in [0.717, 1.165) is 0 Å². The number of fused-ring (bicyclic) bond motifs is 1. The Kier molecular flexibility index (Phi) is 4.84. The van der Waals surface area contributed by atoms with Gasteiger partial charge in [0, 0.05) is 5.75 Å². The Labute approximate surface area is 129 Å². The number of amides is 1. The van der Waals surface area contributed by atoms with Gasteiger partial charge >= 0.3 is 11.9 Å². The molecule has 1 unspecified atom stereocenters. The van der Waals surface area contributed by atoms with Gasteiger partial charge in [0.1, 0.15) is 5.37 Å². The van der Waals surface area contributed by atoms with Crippen molar-refractivity contribution in [2.45, 2.75) is 24.8 Å². The summed E-state index contributed by atoms with van der Waals surface area (Å²) in [5, 5.41) is 18.5. The Balaban J connectivity index is 2.08. The number of β-lactam (4-membered cyclic amide) rings is 1. The summed E-state index contributed by atoms with van der Waals surface area (Å²) in [6.07, 6.45) is -0.656. The minimum atomic E-state index is -1.18. The standard InChI is InChI=1S/C12H15NO6S2/c1-5(14)7-9(16)13-8(11(17)18)12(21-10(7)13)20-4-3-6(15)19-2/h5,7,10,14H,3-4H2,1-2H3,(H,17,18)/t5?,7-,10+/m0/s1. The fourth-order valence-corrected chi connectivity index (χ4v) is 5.10. The van der Waals surface area contributed by atoms with Crippen LogP contribution in [-0.2, 0) is 19.1 Å². The Morgan fingerprint density at radius 2 is 2.19 bits per heavy atom. The van der Waals surface area contributed by atoms with Crippen molar-refractivity contribution < 1.29 is 29.3 Å². The fraction of sp³-hybridized carbons (Fsp3) is 0.583. The number of aliphatic hydroxyl groups is 1. The smallest absolute Gasteiger partial charge is 0.354 e. The summed E-state index contributed by atoms with van der Waals surface area (Å²) in [4.78, 5) is 35.6. The maximum atomic E-state index is 11.9. The third kappa shape index (κ3) is 2.90. The van der Waals surface area contributed by atoms with Crippen LogP contribution in [0.2, 0.25) is 0 Å². The molecule has 116 valence electrons. The highest BCUT2D eigenvalue weighted by molar-refractivity contribution is 8.22. The van der Waals surface area contributed by atoms with Crippen LogP contribution in [0.1, 0.15) is 13.3 Å². The summed E-state index contributed by atoms with van der Waals surface area (Å²) in [6, 6.07) is 0. The van der Waals surface area contributed by atoms with Crippen molar-refractivity contribution in [3.63, 3.8) is 0 Å². The van der Waals surface area contributed by atoms with Crippen LogP contribution in [0.5, 0.6) is 0 Å². The maximum Gasteiger partial charge on any atom is 0.354 e. The molecule has 0 aromatic rings. The van der Waals surface area contributed by atoms with Crippen molar-refractivity contribution in [1.82, 2.24) is 4.90 Å². The van der Waals surface area contributed by atoms with Crippen molar-refractivity contribution in [1.29, 1.82) is 0 Å². The van der Waals surface area contributed by atoms with E-state index in [0.29, 0.717) is 9.99 Å². The second-order valence-electron chi connectivity index (χ2n) is 4.60. The number of nitrogens with zero attached hydrogens (tertiary/aromatic N) is 1. The Bertz CT molecular complexity index is 518. The topological polar surface area (TPSA) is 104 Å². The molecule has 2 heterocycles. The number of carbonyl (C=O) groups excluding carboxylic acids is 2. The highest BCUT2D eigenvalue weighted by Gasteiger charge is 2.57. The zero-order valence-electron chi connectivity index (χ0n) is 11.4. The fourth-order valence-electron chi connectivity index (χ4n) is 2.18. The number of hydrogen-bond acceptors (Lipinski definition) is 7. The van der Waals surface area contributed by atoms with Gasteiger partial charge in [-0.3, -0.25) is 14.5 Å². The predicted molar refractivity (Wildman–Crippen MR) is 77.1 cm³/mol. The van der Waals surface area contributed by atoms with Gasteiger partial charge < -0.3 is 14.9 Å². The lowest BCUT2D eigenvalue weighted by Gasteiger charge is -2.43. The molecule has 2 rings (SSSR count). The average Bonchev–Trinajstić information content (AvgIpc) is 2.72. The van der Waals surface area contributed by atoms with E-state index in [4.69, 9.17) is 0 Å². The molecule has 7 nitrogen and oxygen atoms in total. The Morgan fingerprint density at radius 3 is 2.71 bits per heavy atom. The number of rotatable bonds is 6. The maximum absolute atomic E-state index is 11.9. The van der Waals surface area contributed by atoms with Crippen LogP contribution in [0.3, 0.4) is 0 Å². The zero-order chi connectivity index (χ0) is 15.7. The first-order valence-corrected chi connectivity index (χ1v) is 8.10. The van der Waals surface area contributed by atoms with E-state index >= 15 is 0 Å². The molecule has 0 aliphatic carbocycles. The molecule has 2 aliphatic rings. The lowest BCUT2D eigenvalue weighted by atomic mass is 9.92. The molecule has 0 saturated carbocycles. The van der Waals surface area contributed by atoms with Crippen LogP contribution in [0.15, 0.2) is 9.93 Å². The minimum absolute atomic E-state index is 0.0539. The van der Waals surface area contributed by atoms with Gasteiger partial charge in [0.2, 0.25) is 5.91 Å². The quantitative estimate of drug-likeness (QED) is 0.533. The van der Waals surface area contributed by atoms with Crippen LogP contribution < -0.4 is 0 Å². The molecule has 0 aromatic heterocycles. The van der Waals surface area contributed by atoms with Gasteiger partial charge in [0.15, 0.2) is 5.70 Å². The van der Waals surface area contributed by atoms with E-state index in [2.05, 4.69) is 4.74 Å². The molecule has 0 spiro atoms. The lowest BCUT2D eigenvalue weighted by Crippen LogP contribution is -2.60. The molecule has 0 aromatic carbocycles. The first-order valence-electron chi connectivity index (χ1n) is 6.23. The van der Waals surface area contributed by atoms with Gasteiger partial charge in [-0.2, -0.15) is 0 Å². The van der Waals surface area contributed by atoms with E-state index in [1.165, 1.54) is 42.5 Å². The minimum Gasteiger partial charge on any atom is -0.477 e. The van der Waals surface area contributed by atoms with Crippen LogP contribution in [0.4, 0.5) is 0 Å². The Hall–Kier alpha value is -1.19. The van der Waals surface area contributed by atoms with E-state index < -0.39 is 18.0 Å². The van der Waals surface area contributed by atoms with Crippen LogP contribution in [-0.4, -0.2) is 57.3 Å². The average molecular weight is 333 g/mol. The van der Waals surface area contributed by atoms with Gasteiger partial charge in [-0.05, 0) is 6.92 Å². The number of thioether (sulfide) groups is 2. The number of carbonyl (C=O) groups is 3. The Morgan fingerprint density at radius 1 is 1.52 bits per heavy atom. The summed E-state index contributed by atoms with van der Waals surface area (Å²) < 4.78 is 5.01. The normalized spacial score (nSPS) is 25.5. The molecule has 0 radical (unpaired) electrons. The van der Waals surface area contributed by atoms with Crippen LogP contribution in [0, 0.1) is 5.92 Å². The summed E-state index contributed by atoms with van der Waals surface area (Å²) in [5.41, 5.74) is -0.0539. The number of carboxylic acids is 1. The summed E-state index contributed by atoms with van der Waals surface area (Å²) in [7, 11) is 1.29. The zero-order valence-corrected chi connectivity index (χ0v) is 13.1. The number of aliphatic carboxylic acids is 1. The lowest BCUT2D eigenvalue weighted by molar-refractivity contribution is -0.156. The van der Waals surface area contributed by atoms with Gasteiger partial charge in [0.05, 0.1) is 29.8 Å².